The highest BCUT2D eigenvalue weighted by Gasteiger charge is 2.18. The minimum absolute atomic E-state index is 0.526. The maximum atomic E-state index is 5.00. The van der Waals surface area contributed by atoms with Crippen molar-refractivity contribution in [2.75, 3.05) is 0 Å². The van der Waals surface area contributed by atoms with Gasteiger partial charge in [0.05, 0.1) is 11.4 Å². The minimum Gasteiger partial charge on any atom is -0.243 e. The van der Waals surface area contributed by atoms with Gasteiger partial charge in [0.1, 0.15) is 0 Å². The van der Waals surface area contributed by atoms with E-state index in [2.05, 4.69) is 51.1 Å². The molecule has 0 saturated heterocycles. The maximum absolute atomic E-state index is 5.00. The van der Waals surface area contributed by atoms with Gasteiger partial charge < -0.3 is 0 Å². The standard InChI is InChI=1S/C24H31N/c1-4-6-11-20(9-5-2)23-13-8-14-24(25-23)21-16-15-19-12-7-10-18(3)22(19)17-21/h14-18,20H,4-7,9-12H2,1-3H3. The van der Waals surface area contributed by atoms with Crippen LogP contribution in [0.1, 0.15) is 94.4 Å². The van der Waals surface area contributed by atoms with E-state index in [0.29, 0.717) is 11.8 Å². The molecule has 25 heavy (non-hydrogen) atoms. The summed E-state index contributed by atoms with van der Waals surface area (Å²) in [6.07, 6.45) is 9.97. The monoisotopic (exact) mass is 333 g/mol. The highest BCUT2D eigenvalue weighted by atomic mass is 14.7. The zero-order chi connectivity index (χ0) is 17.6. The molecule has 132 valence electrons. The highest BCUT2D eigenvalue weighted by molar-refractivity contribution is 5.61. The number of aryl methyl sites for hydroxylation is 1. The van der Waals surface area contributed by atoms with Crippen LogP contribution in [-0.4, -0.2) is 4.98 Å². The van der Waals surface area contributed by atoms with E-state index < -0.39 is 0 Å². The summed E-state index contributed by atoms with van der Waals surface area (Å²) in [7, 11) is 0. The van der Waals surface area contributed by atoms with Crippen LogP contribution >= 0.6 is 0 Å². The van der Waals surface area contributed by atoms with Gasteiger partial charge in [-0.15, -0.1) is 0 Å². The van der Waals surface area contributed by atoms with Gasteiger partial charge >= 0.3 is 0 Å². The van der Waals surface area contributed by atoms with Crippen molar-refractivity contribution in [2.24, 2.45) is 0 Å². The molecule has 2 atom stereocenters. The molecule has 0 fully saturated rings. The summed E-state index contributed by atoms with van der Waals surface area (Å²) in [6, 6.07) is 15.5. The SMILES string of the molecule is CCCCC(CCC)c1c#ccc(-c2ccc3c(c2)C(C)CCC3)n1. The van der Waals surface area contributed by atoms with Crippen molar-refractivity contribution in [3.8, 4) is 11.3 Å². The molecule has 0 aliphatic heterocycles. The Bertz CT molecular complexity index is 688. The lowest BCUT2D eigenvalue weighted by Crippen LogP contribution is -2.07. The van der Waals surface area contributed by atoms with Crippen molar-refractivity contribution in [1.82, 2.24) is 4.98 Å². The van der Waals surface area contributed by atoms with Crippen LogP contribution in [0.25, 0.3) is 11.3 Å². The molecule has 0 radical (unpaired) electrons. The highest BCUT2D eigenvalue weighted by Crippen LogP contribution is 2.34. The third-order valence-corrected chi connectivity index (χ3v) is 5.64. The number of rotatable bonds is 7. The molecule has 1 aromatic carbocycles. The Labute approximate surface area is 153 Å². The van der Waals surface area contributed by atoms with Gasteiger partial charge in [0.2, 0.25) is 0 Å². The molecule has 1 nitrogen and oxygen atoms in total. The molecule has 1 heteroatoms. The van der Waals surface area contributed by atoms with Gasteiger partial charge in [0, 0.05) is 17.5 Å². The van der Waals surface area contributed by atoms with Crippen LogP contribution in [0.2, 0.25) is 0 Å². The lowest BCUT2D eigenvalue weighted by molar-refractivity contribution is 0.531. The molecule has 2 aromatic rings. The molecule has 1 aromatic heterocycles. The number of nitrogens with zero attached hydrogens (tertiary/aromatic N) is 1. The summed E-state index contributed by atoms with van der Waals surface area (Å²) in [4.78, 5) is 5.00. The van der Waals surface area contributed by atoms with Gasteiger partial charge in [-0.3, -0.25) is 0 Å². The first-order valence-electron chi connectivity index (χ1n) is 10.2. The van der Waals surface area contributed by atoms with E-state index in [1.54, 1.807) is 0 Å². The Balaban J connectivity index is 1.89. The normalized spacial score (nSPS) is 17.6. The Morgan fingerprint density at radius 3 is 2.88 bits per heavy atom. The van der Waals surface area contributed by atoms with Gasteiger partial charge in [-0.25, -0.2) is 4.98 Å². The molecule has 3 rings (SSSR count). The maximum Gasteiger partial charge on any atom is 0.0941 e. The number of hydrogen-bond acceptors (Lipinski definition) is 1. The van der Waals surface area contributed by atoms with Crippen LogP contribution in [0.4, 0.5) is 0 Å². The van der Waals surface area contributed by atoms with E-state index in [-0.39, 0.29) is 0 Å². The molecule has 1 aliphatic carbocycles. The van der Waals surface area contributed by atoms with Crippen molar-refractivity contribution in [1.29, 1.82) is 0 Å². The Kier molecular flexibility index (Phi) is 6.14. The van der Waals surface area contributed by atoms with E-state index in [0.717, 1.165) is 11.4 Å². The summed E-state index contributed by atoms with van der Waals surface area (Å²) in [5.74, 6) is 1.19. The second-order valence-corrected chi connectivity index (χ2v) is 7.63. The summed E-state index contributed by atoms with van der Waals surface area (Å²) >= 11 is 0. The molecule has 1 heterocycles. The molecular weight excluding hydrogens is 302 g/mol. The zero-order valence-electron chi connectivity index (χ0n) is 16.1. The van der Waals surface area contributed by atoms with E-state index in [4.69, 9.17) is 4.98 Å². The molecular formula is C24H31N. The predicted molar refractivity (Wildman–Crippen MR) is 106 cm³/mol. The number of hydrogen-bond donors (Lipinski definition) is 0. The Hall–Kier alpha value is -1.81. The largest absolute Gasteiger partial charge is 0.243 e. The fourth-order valence-electron chi connectivity index (χ4n) is 4.12. The van der Waals surface area contributed by atoms with E-state index in [1.807, 2.05) is 6.07 Å². The molecule has 0 spiro atoms. The lowest BCUT2D eigenvalue weighted by Gasteiger charge is -2.23. The van der Waals surface area contributed by atoms with Gasteiger partial charge in [0.15, 0.2) is 0 Å². The van der Waals surface area contributed by atoms with Crippen LogP contribution in [0.15, 0.2) is 24.3 Å². The lowest BCUT2D eigenvalue weighted by atomic mass is 9.83. The molecule has 0 N–H and O–H groups in total. The second-order valence-electron chi connectivity index (χ2n) is 7.63. The Morgan fingerprint density at radius 1 is 1.20 bits per heavy atom. The first kappa shape index (κ1) is 18.0. The first-order chi connectivity index (χ1) is 12.2. The predicted octanol–water partition coefficient (Wildman–Crippen LogP) is 6.86. The van der Waals surface area contributed by atoms with Crippen molar-refractivity contribution < 1.29 is 0 Å². The summed E-state index contributed by atoms with van der Waals surface area (Å²) in [5.41, 5.74) is 6.47. The Morgan fingerprint density at radius 2 is 2.08 bits per heavy atom. The van der Waals surface area contributed by atoms with Crippen LogP contribution in [0.3, 0.4) is 0 Å². The van der Waals surface area contributed by atoms with Crippen LogP contribution in [0.5, 0.6) is 0 Å². The average Bonchev–Trinajstić information content (AvgIpc) is 2.65. The summed E-state index contributed by atoms with van der Waals surface area (Å²) in [6.45, 7) is 6.88. The first-order valence-corrected chi connectivity index (χ1v) is 10.2. The number of unbranched alkanes of at least 4 members (excludes halogenated alkanes) is 1. The minimum atomic E-state index is 0.526. The molecule has 0 amide bonds. The van der Waals surface area contributed by atoms with Crippen LogP contribution < -0.4 is 0 Å². The third-order valence-electron chi connectivity index (χ3n) is 5.64. The van der Waals surface area contributed by atoms with Gasteiger partial charge in [-0.1, -0.05) is 58.2 Å². The quantitative estimate of drug-likeness (QED) is 0.539. The molecule has 1 aliphatic rings. The molecule has 2 unspecified atom stereocenters. The number of aromatic nitrogens is 1. The van der Waals surface area contributed by atoms with Crippen molar-refractivity contribution >= 4 is 0 Å². The summed E-state index contributed by atoms with van der Waals surface area (Å²) in [5, 5.41) is 0. The number of fused-ring (bicyclic) bond motifs is 1. The van der Waals surface area contributed by atoms with Crippen molar-refractivity contribution in [3.63, 3.8) is 0 Å². The van der Waals surface area contributed by atoms with E-state index >= 15 is 0 Å². The van der Waals surface area contributed by atoms with Gasteiger partial charge in [-0.2, -0.15) is 0 Å². The van der Waals surface area contributed by atoms with Gasteiger partial charge in [-0.05, 0) is 61.3 Å². The number of benzene rings is 1. The van der Waals surface area contributed by atoms with Crippen LogP contribution in [-0.2, 0) is 6.42 Å². The zero-order valence-corrected chi connectivity index (χ0v) is 16.1. The second kappa shape index (κ2) is 8.52. The van der Waals surface area contributed by atoms with Crippen molar-refractivity contribution in [2.45, 2.75) is 84.0 Å². The molecule has 0 saturated carbocycles. The fourth-order valence-corrected chi connectivity index (χ4v) is 4.12. The molecule has 0 bridgehead atoms. The summed E-state index contributed by atoms with van der Waals surface area (Å²) < 4.78 is 0. The topological polar surface area (TPSA) is 12.9 Å². The fraction of sp³-hybridized carbons (Fsp3) is 0.542. The smallest absolute Gasteiger partial charge is 0.0941 e. The van der Waals surface area contributed by atoms with Crippen LogP contribution in [0, 0.1) is 12.1 Å². The van der Waals surface area contributed by atoms with Crippen molar-refractivity contribution in [3.05, 3.63) is 53.2 Å². The van der Waals surface area contributed by atoms with Gasteiger partial charge in [0.25, 0.3) is 0 Å². The van der Waals surface area contributed by atoms with E-state index in [9.17, 15) is 0 Å². The third kappa shape index (κ3) is 4.24. The van der Waals surface area contributed by atoms with E-state index in [1.165, 1.54) is 68.1 Å². The average molecular weight is 334 g/mol.